The number of aromatic nitrogens is 2. The first kappa shape index (κ1) is 22.1. The van der Waals surface area contributed by atoms with Gasteiger partial charge in [0.25, 0.3) is 5.91 Å². The van der Waals surface area contributed by atoms with E-state index >= 15 is 0 Å². The van der Waals surface area contributed by atoms with Crippen LogP contribution in [-0.4, -0.2) is 36.4 Å². The molecule has 0 bridgehead atoms. The topological polar surface area (TPSA) is 95.7 Å². The summed E-state index contributed by atoms with van der Waals surface area (Å²) in [7, 11) is 3.14. The van der Waals surface area contributed by atoms with E-state index in [0.717, 1.165) is 11.1 Å². The van der Waals surface area contributed by atoms with Crippen molar-refractivity contribution in [2.45, 2.75) is 39.8 Å². The van der Waals surface area contributed by atoms with Crippen molar-refractivity contribution in [1.29, 1.82) is 0 Å². The van der Waals surface area contributed by atoms with Gasteiger partial charge in [0.1, 0.15) is 17.2 Å². The average Bonchev–Trinajstić information content (AvgIpc) is 3.26. The third-order valence-electron chi connectivity index (χ3n) is 4.81. The lowest BCUT2D eigenvalue weighted by Gasteiger charge is -2.18. The number of carbonyl (C=O) groups is 1. The molecule has 0 radical (unpaired) electrons. The molecule has 1 aromatic heterocycles. The van der Waals surface area contributed by atoms with Crippen LogP contribution in [0, 0.1) is 13.8 Å². The van der Waals surface area contributed by atoms with Gasteiger partial charge in [-0.25, -0.2) is 0 Å². The van der Waals surface area contributed by atoms with E-state index in [2.05, 4.69) is 15.5 Å². The molecule has 31 heavy (non-hydrogen) atoms. The first-order valence-corrected chi connectivity index (χ1v) is 10.0. The number of nitrogens with one attached hydrogen (secondary N) is 1. The van der Waals surface area contributed by atoms with Crippen LogP contribution in [-0.2, 0) is 11.3 Å². The van der Waals surface area contributed by atoms with Gasteiger partial charge in [-0.2, -0.15) is 4.98 Å². The van der Waals surface area contributed by atoms with Crippen molar-refractivity contribution >= 4 is 5.91 Å². The van der Waals surface area contributed by atoms with E-state index in [1.165, 1.54) is 0 Å². The minimum absolute atomic E-state index is 0.0942. The Morgan fingerprint density at radius 2 is 1.90 bits per heavy atom. The molecule has 0 unspecified atom stereocenters. The van der Waals surface area contributed by atoms with Crippen LogP contribution in [0.4, 0.5) is 0 Å². The van der Waals surface area contributed by atoms with Crippen LogP contribution >= 0.6 is 0 Å². The van der Waals surface area contributed by atoms with Crippen molar-refractivity contribution in [2.24, 2.45) is 0 Å². The normalized spacial score (nSPS) is 11.6. The number of hydrogen-bond donors (Lipinski definition) is 1. The molecule has 0 aliphatic rings. The van der Waals surface area contributed by atoms with Gasteiger partial charge in [-0.15, -0.1) is 0 Å². The van der Waals surface area contributed by atoms with Gasteiger partial charge in [0.2, 0.25) is 11.7 Å². The fraction of sp³-hybridized carbons (Fsp3) is 0.348. The van der Waals surface area contributed by atoms with Gasteiger partial charge < -0.3 is 24.1 Å². The van der Waals surface area contributed by atoms with Crippen LogP contribution in [0.15, 0.2) is 40.9 Å². The third-order valence-corrected chi connectivity index (χ3v) is 4.81. The van der Waals surface area contributed by atoms with E-state index in [-0.39, 0.29) is 18.3 Å². The number of aryl methyl sites for hydroxylation is 2. The highest BCUT2D eigenvalue weighted by atomic mass is 16.5. The molecule has 1 heterocycles. The molecule has 0 aliphatic heterocycles. The minimum atomic E-state index is -0.621. The summed E-state index contributed by atoms with van der Waals surface area (Å²) < 4.78 is 21.8. The number of carbonyl (C=O) groups excluding carboxylic acids is 1. The van der Waals surface area contributed by atoms with E-state index in [1.807, 2.05) is 39.0 Å². The van der Waals surface area contributed by atoms with Crippen molar-refractivity contribution in [3.05, 3.63) is 53.4 Å². The second kappa shape index (κ2) is 9.97. The quantitative estimate of drug-likeness (QED) is 0.556. The molecule has 3 aromatic rings. The Bertz CT molecular complexity index is 1050. The Kier molecular flexibility index (Phi) is 7.12. The Morgan fingerprint density at radius 1 is 1.10 bits per heavy atom. The number of ether oxygens (including phenoxy) is 3. The number of rotatable bonds is 9. The van der Waals surface area contributed by atoms with Crippen molar-refractivity contribution in [1.82, 2.24) is 15.5 Å². The zero-order valence-electron chi connectivity index (χ0n) is 18.4. The fourth-order valence-electron chi connectivity index (χ4n) is 3.01. The highest BCUT2D eigenvalue weighted by Gasteiger charge is 2.21. The Hall–Kier alpha value is -3.55. The van der Waals surface area contributed by atoms with Crippen LogP contribution in [0.3, 0.4) is 0 Å². The van der Waals surface area contributed by atoms with Crippen LogP contribution in [0.25, 0.3) is 11.4 Å². The SMILES string of the molecule is CC[C@@H](Oc1cc(C)ccc1C)C(=O)NCc1nc(-c2ccc(OC)cc2OC)no1. The number of hydrogen-bond acceptors (Lipinski definition) is 7. The van der Waals surface area contributed by atoms with E-state index in [0.29, 0.717) is 35.1 Å². The smallest absolute Gasteiger partial charge is 0.261 e. The molecular formula is C23H27N3O5. The molecule has 8 nitrogen and oxygen atoms in total. The summed E-state index contributed by atoms with van der Waals surface area (Å²) in [6, 6.07) is 11.2. The molecule has 0 saturated heterocycles. The summed E-state index contributed by atoms with van der Waals surface area (Å²) in [5.74, 6) is 2.32. The highest BCUT2D eigenvalue weighted by molar-refractivity contribution is 5.81. The molecular weight excluding hydrogens is 398 g/mol. The van der Waals surface area contributed by atoms with Gasteiger partial charge in [0.15, 0.2) is 6.10 Å². The summed E-state index contributed by atoms with van der Waals surface area (Å²) in [4.78, 5) is 17.0. The highest BCUT2D eigenvalue weighted by Crippen LogP contribution is 2.31. The second-order valence-corrected chi connectivity index (χ2v) is 7.08. The number of methoxy groups -OCH3 is 2. The summed E-state index contributed by atoms with van der Waals surface area (Å²) in [5.41, 5.74) is 2.71. The molecule has 1 atom stereocenters. The lowest BCUT2D eigenvalue weighted by atomic mass is 10.1. The maximum atomic E-state index is 12.6. The van der Waals surface area contributed by atoms with Crippen LogP contribution in [0.2, 0.25) is 0 Å². The van der Waals surface area contributed by atoms with E-state index in [1.54, 1.807) is 32.4 Å². The maximum Gasteiger partial charge on any atom is 0.261 e. The van der Waals surface area contributed by atoms with Gasteiger partial charge in [-0.1, -0.05) is 24.2 Å². The lowest BCUT2D eigenvalue weighted by molar-refractivity contribution is -0.128. The molecule has 1 N–H and O–H groups in total. The summed E-state index contributed by atoms with van der Waals surface area (Å²) in [5, 5.41) is 6.80. The predicted octanol–water partition coefficient (Wildman–Crippen LogP) is 3.84. The predicted molar refractivity (Wildman–Crippen MR) is 115 cm³/mol. The van der Waals surface area contributed by atoms with Crippen LogP contribution in [0.5, 0.6) is 17.2 Å². The minimum Gasteiger partial charge on any atom is -0.497 e. The Labute approximate surface area is 181 Å². The number of nitrogens with zero attached hydrogens (tertiary/aromatic N) is 2. The molecule has 8 heteroatoms. The zero-order valence-corrected chi connectivity index (χ0v) is 18.4. The van der Waals surface area contributed by atoms with Crippen molar-refractivity contribution in [2.75, 3.05) is 14.2 Å². The molecule has 1 amide bonds. The summed E-state index contributed by atoms with van der Waals surface area (Å²) >= 11 is 0. The Balaban J connectivity index is 1.65. The van der Waals surface area contributed by atoms with Gasteiger partial charge in [0, 0.05) is 6.07 Å². The monoisotopic (exact) mass is 425 g/mol. The molecule has 164 valence electrons. The lowest BCUT2D eigenvalue weighted by Crippen LogP contribution is -2.37. The van der Waals surface area contributed by atoms with Crippen LogP contribution in [0.1, 0.15) is 30.4 Å². The summed E-state index contributed by atoms with van der Waals surface area (Å²) in [6.45, 7) is 5.93. The van der Waals surface area contributed by atoms with Gasteiger partial charge in [0.05, 0.1) is 26.3 Å². The summed E-state index contributed by atoms with van der Waals surface area (Å²) in [6.07, 6.45) is -0.0956. The average molecular weight is 425 g/mol. The molecule has 2 aromatic carbocycles. The van der Waals surface area contributed by atoms with Crippen molar-refractivity contribution in [3.8, 4) is 28.6 Å². The standard InChI is InChI=1S/C23H27N3O5/c1-6-18(30-19-11-14(2)7-8-15(19)3)23(27)24-13-21-25-22(26-31-21)17-10-9-16(28-4)12-20(17)29-5/h7-12,18H,6,13H2,1-5H3,(H,24,27)/t18-/m1/s1. The zero-order chi connectivity index (χ0) is 22.4. The third kappa shape index (κ3) is 5.33. The van der Waals surface area contributed by atoms with Gasteiger partial charge >= 0.3 is 0 Å². The molecule has 0 saturated carbocycles. The van der Waals surface area contributed by atoms with E-state index in [9.17, 15) is 4.79 Å². The second-order valence-electron chi connectivity index (χ2n) is 7.08. The maximum absolute atomic E-state index is 12.6. The first-order chi connectivity index (χ1) is 14.9. The first-order valence-electron chi connectivity index (χ1n) is 10.0. The fourth-order valence-corrected chi connectivity index (χ4v) is 3.01. The number of amides is 1. The Morgan fingerprint density at radius 3 is 2.61 bits per heavy atom. The molecule has 3 rings (SSSR count). The largest absolute Gasteiger partial charge is 0.497 e. The molecule has 0 fully saturated rings. The van der Waals surface area contributed by atoms with Crippen molar-refractivity contribution < 1.29 is 23.5 Å². The van der Waals surface area contributed by atoms with E-state index < -0.39 is 6.10 Å². The molecule has 0 spiro atoms. The van der Waals surface area contributed by atoms with Crippen LogP contribution < -0.4 is 19.5 Å². The van der Waals surface area contributed by atoms with Gasteiger partial charge in [-0.3, -0.25) is 4.79 Å². The van der Waals surface area contributed by atoms with Crippen molar-refractivity contribution in [3.63, 3.8) is 0 Å². The number of benzene rings is 2. The molecule has 0 aliphatic carbocycles. The van der Waals surface area contributed by atoms with Gasteiger partial charge in [-0.05, 0) is 49.6 Å². The van der Waals surface area contributed by atoms with E-state index in [4.69, 9.17) is 18.7 Å².